The minimum absolute atomic E-state index is 0.726. The third kappa shape index (κ3) is 5.89. The van der Waals surface area contributed by atoms with E-state index in [-0.39, 0.29) is 0 Å². The topological polar surface area (TPSA) is 21.6 Å². The second kappa shape index (κ2) is 8.04. The molecule has 15 heavy (non-hydrogen) atoms. The summed E-state index contributed by atoms with van der Waals surface area (Å²) >= 11 is 0. The molecule has 0 heterocycles. The van der Waals surface area contributed by atoms with E-state index < -0.39 is 0 Å². The van der Waals surface area contributed by atoms with E-state index in [1.54, 1.807) is 6.21 Å². The lowest BCUT2D eigenvalue weighted by molar-refractivity contribution is 0.141. The first kappa shape index (κ1) is 11.8. The highest BCUT2D eigenvalue weighted by atomic mass is 16.6. The first-order valence-electron chi connectivity index (χ1n) is 5.64. The lowest BCUT2D eigenvalue weighted by Crippen LogP contribution is -1.89. The van der Waals surface area contributed by atoms with Crippen molar-refractivity contribution >= 4 is 6.21 Å². The molecule has 0 N–H and O–H groups in total. The molecule has 0 aliphatic heterocycles. The molecule has 1 aromatic rings. The van der Waals surface area contributed by atoms with Crippen LogP contribution in [0.5, 0.6) is 0 Å². The van der Waals surface area contributed by atoms with Gasteiger partial charge >= 0.3 is 0 Å². The van der Waals surface area contributed by atoms with Crippen molar-refractivity contribution in [3.05, 3.63) is 35.9 Å². The Labute approximate surface area is 91.9 Å². The van der Waals surface area contributed by atoms with Crippen molar-refractivity contribution in [2.75, 3.05) is 6.61 Å². The van der Waals surface area contributed by atoms with E-state index in [1.165, 1.54) is 19.3 Å². The normalized spacial score (nSPS) is 10.7. The molecule has 0 aromatic heterocycles. The zero-order valence-electron chi connectivity index (χ0n) is 9.36. The maximum Gasteiger partial charge on any atom is 0.117 e. The second-order valence-corrected chi connectivity index (χ2v) is 3.54. The van der Waals surface area contributed by atoms with Crippen LogP contribution in [0.1, 0.15) is 38.2 Å². The quantitative estimate of drug-likeness (QED) is 0.378. The Bertz CT molecular complexity index is 269. The van der Waals surface area contributed by atoms with E-state index in [0.717, 1.165) is 18.6 Å². The molecule has 0 saturated heterocycles. The Kier molecular flexibility index (Phi) is 6.30. The van der Waals surface area contributed by atoms with Crippen molar-refractivity contribution in [1.29, 1.82) is 0 Å². The lowest BCUT2D eigenvalue weighted by atomic mass is 10.2. The van der Waals surface area contributed by atoms with Crippen LogP contribution in [-0.4, -0.2) is 12.8 Å². The number of oxime groups is 1. The molecule has 0 aliphatic carbocycles. The van der Waals surface area contributed by atoms with E-state index in [1.807, 2.05) is 30.3 Å². The monoisotopic (exact) mass is 205 g/mol. The molecule has 0 unspecified atom stereocenters. The van der Waals surface area contributed by atoms with Gasteiger partial charge in [-0.3, -0.25) is 0 Å². The molecule has 0 atom stereocenters. The van der Waals surface area contributed by atoms with Crippen LogP contribution < -0.4 is 0 Å². The molecular formula is C13H19NO. The molecule has 0 saturated carbocycles. The van der Waals surface area contributed by atoms with Gasteiger partial charge in [-0.05, 0) is 18.4 Å². The Hall–Kier alpha value is -1.31. The zero-order chi connectivity index (χ0) is 10.8. The number of hydrogen-bond acceptors (Lipinski definition) is 2. The molecule has 0 bridgehead atoms. The summed E-state index contributed by atoms with van der Waals surface area (Å²) in [5, 5.41) is 3.91. The summed E-state index contributed by atoms with van der Waals surface area (Å²) < 4.78 is 0. The first-order valence-corrected chi connectivity index (χ1v) is 5.64. The summed E-state index contributed by atoms with van der Waals surface area (Å²) in [5.74, 6) is 0. The van der Waals surface area contributed by atoms with Crippen LogP contribution in [0, 0.1) is 0 Å². The Morgan fingerprint density at radius 2 is 1.93 bits per heavy atom. The van der Waals surface area contributed by atoms with Crippen molar-refractivity contribution in [2.45, 2.75) is 32.6 Å². The molecule has 0 fully saturated rings. The van der Waals surface area contributed by atoms with E-state index in [9.17, 15) is 0 Å². The van der Waals surface area contributed by atoms with E-state index in [0.29, 0.717) is 0 Å². The first-order chi connectivity index (χ1) is 7.43. The lowest BCUT2D eigenvalue weighted by Gasteiger charge is -1.98. The second-order valence-electron chi connectivity index (χ2n) is 3.54. The van der Waals surface area contributed by atoms with Gasteiger partial charge in [0.2, 0.25) is 0 Å². The highest BCUT2D eigenvalue weighted by molar-refractivity contribution is 5.78. The fourth-order valence-corrected chi connectivity index (χ4v) is 1.28. The third-order valence-electron chi connectivity index (χ3n) is 2.17. The minimum Gasteiger partial charge on any atom is -0.396 e. The fraction of sp³-hybridized carbons (Fsp3) is 0.462. The number of benzene rings is 1. The molecule has 0 aliphatic rings. The average molecular weight is 205 g/mol. The summed E-state index contributed by atoms with van der Waals surface area (Å²) in [7, 11) is 0. The van der Waals surface area contributed by atoms with Gasteiger partial charge in [-0.2, -0.15) is 0 Å². The molecular weight excluding hydrogens is 186 g/mol. The largest absolute Gasteiger partial charge is 0.396 e. The van der Waals surface area contributed by atoms with Gasteiger partial charge in [0, 0.05) is 0 Å². The predicted molar refractivity (Wildman–Crippen MR) is 64.1 cm³/mol. The van der Waals surface area contributed by atoms with E-state index >= 15 is 0 Å². The summed E-state index contributed by atoms with van der Waals surface area (Å²) in [4.78, 5) is 5.15. The average Bonchev–Trinajstić information content (AvgIpc) is 2.29. The van der Waals surface area contributed by atoms with Crippen molar-refractivity contribution in [3.8, 4) is 0 Å². The van der Waals surface area contributed by atoms with E-state index in [2.05, 4.69) is 12.1 Å². The van der Waals surface area contributed by atoms with Crippen LogP contribution in [0.15, 0.2) is 35.5 Å². The van der Waals surface area contributed by atoms with Crippen molar-refractivity contribution in [1.82, 2.24) is 0 Å². The summed E-state index contributed by atoms with van der Waals surface area (Å²) in [6.45, 7) is 2.93. The highest BCUT2D eigenvalue weighted by Gasteiger charge is 1.87. The molecule has 1 aromatic carbocycles. The Morgan fingerprint density at radius 1 is 1.13 bits per heavy atom. The highest BCUT2D eigenvalue weighted by Crippen LogP contribution is 1.99. The maximum atomic E-state index is 5.15. The third-order valence-corrected chi connectivity index (χ3v) is 2.17. The molecule has 2 nitrogen and oxygen atoms in total. The SMILES string of the molecule is CCCCCCON=Cc1ccccc1. The van der Waals surface area contributed by atoms with E-state index in [4.69, 9.17) is 4.84 Å². The van der Waals surface area contributed by atoms with Gasteiger partial charge < -0.3 is 4.84 Å². The van der Waals surface area contributed by atoms with Gasteiger partial charge in [0.25, 0.3) is 0 Å². The van der Waals surface area contributed by atoms with Crippen LogP contribution in [0.25, 0.3) is 0 Å². The van der Waals surface area contributed by atoms with Crippen LogP contribution in [-0.2, 0) is 4.84 Å². The van der Waals surface area contributed by atoms with Gasteiger partial charge in [0.05, 0.1) is 6.21 Å². The van der Waals surface area contributed by atoms with Crippen LogP contribution in [0.4, 0.5) is 0 Å². The Balaban J connectivity index is 2.07. The molecule has 82 valence electrons. The van der Waals surface area contributed by atoms with Crippen molar-refractivity contribution in [2.24, 2.45) is 5.16 Å². The Morgan fingerprint density at radius 3 is 2.67 bits per heavy atom. The van der Waals surface area contributed by atoms with Crippen LogP contribution >= 0.6 is 0 Å². The van der Waals surface area contributed by atoms with Crippen molar-refractivity contribution < 1.29 is 4.84 Å². The molecule has 2 heteroatoms. The molecule has 1 rings (SSSR count). The standard InChI is InChI=1S/C13H19NO/c1-2-3-4-8-11-15-14-12-13-9-6-5-7-10-13/h5-7,9-10,12H,2-4,8,11H2,1H3. The molecule has 0 radical (unpaired) electrons. The zero-order valence-corrected chi connectivity index (χ0v) is 9.36. The minimum atomic E-state index is 0.726. The number of unbranched alkanes of at least 4 members (excludes halogenated alkanes) is 3. The van der Waals surface area contributed by atoms with Gasteiger partial charge in [-0.15, -0.1) is 0 Å². The predicted octanol–water partition coefficient (Wildman–Crippen LogP) is 3.62. The van der Waals surface area contributed by atoms with Crippen LogP contribution in [0.3, 0.4) is 0 Å². The maximum absolute atomic E-state index is 5.15. The van der Waals surface area contributed by atoms with Crippen LogP contribution in [0.2, 0.25) is 0 Å². The molecule has 0 spiro atoms. The number of rotatable bonds is 7. The molecule has 0 amide bonds. The summed E-state index contributed by atoms with van der Waals surface area (Å²) in [5.41, 5.74) is 1.08. The van der Waals surface area contributed by atoms with Gasteiger partial charge in [-0.25, -0.2) is 0 Å². The van der Waals surface area contributed by atoms with Gasteiger partial charge in [0.1, 0.15) is 6.61 Å². The van der Waals surface area contributed by atoms with Gasteiger partial charge in [0.15, 0.2) is 0 Å². The summed E-state index contributed by atoms with van der Waals surface area (Å²) in [6.07, 6.45) is 6.62. The number of nitrogens with zero attached hydrogens (tertiary/aromatic N) is 1. The smallest absolute Gasteiger partial charge is 0.117 e. The number of hydrogen-bond donors (Lipinski definition) is 0. The van der Waals surface area contributed by atoms with Crippen molar-refractivity contribution in [3.63, 3.8) is 0 Å². The van der Waals surface area contributed by atoms with Gasteiger partial charge in [-0.1, -0.05) is 55.3 Å². The summed E-state index contributed by atoms with van der Waals surface area (Å²) in [6, 6.07) is 9.97. The fourth-order valence-electron chi connectivity index (χ4n) is 1.28.